The van der Waals surface area contributed by atoms with Crippen LogP contribution in [0.2, 0.25) is 0 Å². The summed E-state index contributed by atoms with van der Waals surface area (Å²) in [6.07, 6.45) is 0.329. The van der Waals surface area contributed by atoms with Gasteiger partial charge in [-0.25, -0.2) is 9.78 Å². The second kappa shape index (κ2) is 13.9. The van der Waals surface area contributed by atoms with Crippen molar-refractivity contribution in [2.75, 3.05) is 44.7 Å². The normalized spacial score (nSPS) is 18.7. The molecule has 0 saturated carbocycles. The molecule has 0 unspecified atom stereocenters. The summed E-state index contributed by atoms with van der Waals surface area (Å²) in [5.41, 5.74) is 3.19. The molecule has 1 aromatic carbocycles. The van der Waals surface area contributed by atoms with Crippen molar-refractivity contribution in [2.24, 2.45) is 0 Å². The van der Waals surface area contributed by atoms with E-state index in [4.69, 9.17) is 9.90 Å². The Morgan fingerprint density at radius 3 is 2.28 bits per heavy atom. The zero-order chi connectivity index (χ0) is 28.4. The maximum Gasteiger partial charge on any atom is 0.490 e. The number of nitrogens with one attached hydrogen (secondary N) is 2. The van der Waals surface area contributed by atoms with E-state index in [0.29, 0.717) is 6.42 Å². The number of likely N-dealkylation sites (N-methyl/N-ethyl adjacent to an activating group) is 1. The van der Waals surface area contributed by atoms with Crippen LogP contribution in [-0.4, -0.2) is 84.9 Å². The summed E-state index contributed by atoms with van der Waals surface area (Å²) in [6, 6.07) is 13.9. The number of benzene rings is 1. The van der Waals surface area contributed by atoms with E-state index in [9.17, 15) is 23.2 Å². The molecule has 2 aliphatic heterocycles. The Morgan fingerprint density at radius 1 is 1.13 bits per heavy atom. The number of piperazine rings is 1. The van der Waals surface area contributed by atoms with Gasteiger partial charge in [-0.2, -0.15) is 18.4 Å². The Morgan fingerprint density at radius 2 is 1.77 bits per heavy atom. The first-order valence-corrected chi connectivity index (χ1v) is 12.8. The Balaban J connectivity index is 0.000000532. The molecule has 39 heavy (non-hydrogen) atoms. The third-order valence-corrected chi connectivity index (χ3v) is 6.64. The number of anilines is 1. The van der Waals surface area contributed by atoms with Gasteiger partial charge in [-0.3, -0.25) is 4.79 Å². The molecule has 12 heteroatoms. The minimum atomic E-state index is -5.08. The number of hydrogen-bond acceptors (Lipinski definition) is 7. The predicted octanol–water partition coefficient (Wildman–Crippen LogP) is 2.83. The lowest BCUT2D eigenvalue weighted by atomic mass is 10.0. The molecule has 1 amide bonds. The highest BCUT2D eigenvalue weighted by Gasteiger charge is 2.38. The number of rotatable bonds is 6. The van der Waals surface area contributed by atoms with Gasteiger partial charge in [-0.05, 0) is 49.7 Å². The number of aliphatic carboxylic acids is 1. The highest BCUT2D eigenvalue weighted by Crippen LogP contribution is 2.22. The molecule has 3 N–H and O–H groups in total. The van der Waals surface area contributed by atoms with Crippen LogP contribution in [0.5, 0.6) is 0 Å². The van der Waals surface area contributed by atoms with Crippen LogP contribution in [0.15, 0.2) is 42.6 Å². The van der Waals surface area contributed by atoms with E-state index in [1.807, 2.05) is 18.3 Å². The fourth-order valence-corrected chi connectivity index (χ4v) is 4.33. The number of nitrogens with zero attached hydrogens (tertiary/aromatic N) is 4. The lowest BCUT2D eigenvalue weighted by Gasteiger charge is -2.33. The quantitative estimate of drug-likeness (QED) is 0.506. The van der Waals surface area contributed by atoms with Gasteiger partial charge >= 0.3 is 12.1 Å². The molecule has 9 nitrogen and oxygen atoms in total. The van der Waals surface area contributed by atoms with Crippen LogP contribution in [0.3, 0.4) is 0 Å². The minimum absolute atomic E-state index is 0.0700. The van der Waals surface area contributed by atoms with E-state index in [1.165, 1.54) is 0 Å². The number of carboxylic acids is 1. The first kappa shape index (κ1) is 29.9. The molecule has 2 fully saturated rings. The van der Waals surface area contributed by atoms with Crippen LogP contribution in [0, 0.1) is 11.3 Å². The standard InChI is InChI=1S/C25H32N6O.C2HF3O2/c1-30-12-14-31(15-13-30)24-10-9-21(18-28-24)20-7-5-19(6-8-20)16-22(17-26)29-25(32)23-4-2-3-11-27-23;3-2(4,5)1(6)7/h5-10,18,22-23,27H,2-4,11-16H2,1H3,(H,29,32);(H,6,7)/t22-,23-;/m0./s1. The van der Waals surface area contributed by atoms with E-state index in [0.717, 1.165) is 74.5 Å². The van der Waals surface area contributed by atoms with E-state index >= 15 is 0 Å². The number of carbonyl (C=O) groups is 2. The summed E-state index contributed by atoms with van der Waals surface area (Å²) in [4.78, 5) is 30.6. The summed E-state index contributed by atoms with van der Waals surface area (Å²) in [5.74, 6) is -1.80. The molecule has 3 heterocycles. The van der Waals surface area contributed by atoms with Crippen molar-refractivity contribution in [2.45, 2.75) is 43.9 Å². The fourth-order valence-electron chi connectivity index (χ4n) is 4.33. The number of alkyl halides is 3. The molecular formula is C27H33F3N6O3. The number of nitriles is 1. The summed E-state index contributed by atoms with van der Waals surface area (Å²) in [6.45, 7) is 5.00. The highest BCUT2D eigenvalue weighted by molar-refractivity contribution is 5.82. The lowest BCUT2D eigenvalue weighted by Crippen LogP contribution is -2.49. The van der Waals surface area contributed by atoms with Crippen molar-refractivity contribution in [3.05, 3.63) is 48.2 Å². The summed E-state index contributed by atoms with van der Waals surface area (Å²) < 4.78 is 31.7. The topological polar surface area (TPSA) is 122 Å². The van der Waals surface area contributed by atoms with E-state index < -0.39 is 18.2 Å². The number of pyridine rings is 1. The van der Waals surface area contributed by atoms with Crippen LogP contribution in [0.25, 0.3) is 11.1 Å². The number of amides is 1. The van der Waals surface area contributed by atoms with Crippen LogP contribution < -0.4 is 15.5 Å². The zero-order valence-corrected chi connectivity index (χ0v) is 21.7. The first-order chi connectivity index (χ1) is 18.6. The Hall–Kier alpha value is -3.69. The fraction of sp³-hybridized carbons (Fsp3) is 0.481. The van der Waals surface area contributed by atoms with E-state index in [-0.39, 0.29) is 11.9 Å². The van der Waals surface area contributed by atoms with Gasteiger partial charge < -0.3 is 25.5 Å². The van der Waals surface area contributed by atoms with E-state index in [1.54, 1.807) is 0 Å². The van der Waals surface area contributed by atoms with Gasteiger partial charge in [-0.15, -0.1) is 0 Å². The van der Waals surface area contributed by atoms with Gasteiger partial charge in [0, 0.05) is 44.4 Å². The van der Waals surface area contributed by atoms with Gasteiger partial charge in [0.15, 0.2) is 0 Å². The first-order valence-electron chi connectivity index (χ1n) is 12.8. The number of halogens is 3. The molecule has 2 aromatic rings. The molecule has 0 bridgehead atoms. The van der Waals surface area contributed by atoms with Crippen LogP contribution in [0.1, 0.15) is 24.8 Å². The Labute approximate surface area is 225 Å². The third-order valence-electron chi connectivity index (χ3n) is 6.64. The number of carbonyl (C=O) groups excluding carboxylic acids is 1. The molecule has 2 aliphatic rings. The van der Waals surface area contributed by atoms with Gasteiger partial charge in [0.1, 0.15) is 11.9 Å². The smallest absolute Gasteiger partial charge is 0.475 e. The average molecular weight is 547 g/mol. The van der Waals surface area contributed by atoms with Gasteiger partial charge in [0.2, 0.25) is 5.91 Å². The molecule has 0 aliphatic carbocycles. The van der Waals surface area contributed by atoms with Crippen LogP contribution in [0.4, 0.5) is 19.0 Å². The van der Waals surface area contributed by atoms with Crippen molar-refractivity contribution >= 4 is 17.7 Å². The molecule has 2 atom stereocenters. The van der Waals surface area contributed by atoms with Crippen molar-refractivity contribution in [1.29, 1.82) is 5.26 Å². The SMILES string of the molecule is CN1CCN(c2ccc(-c3ccc(C[C@@H](C#N)NC(=O)[C@@H]4CCCCN4)cc3)cn2)CC1.O=C(O)C(F)(F)F. The van der Waals surface area contributed by atoms with Gasteiger partial charge in [0.25, 0.3) is 0 Å². The van der Waals surface area contributed by atoms with Crippen molar-refractivity contribution in [1.82, 2.24) is 20.5 Å². The third kappa shape index (κ3) is 9.23. The van der Waals surface area contributed by atoms with Gasteiger partial charge in [0.05, 0.1) is 12.1 Å². The minimum Gasteiger partial charge on any atom is -0.475 e. The number of piperidine rings is 1. The molecule has 0 spiro atoms. The summed E-state index contributed by atoms with van der Waals surface area (Å²) in [7, 11) is 2.15. The second-order valence-corrected chi connectivity index (χ2v) is 9.59. The monoisotopic (exact) mass is 546 g/mol. The highest BCUT2D eigenvalue weighted by atomic mass is 19.4. The second-order valence-electron chi connectivity index (χ2n) is 9.59. The van der Waals surface area contributed by atoms with E-state index in [2.05, 4.69) is 62.8 Å². The van der Waals surface area contributed by atoms with Crippen LogP contribution in [-0.2, 0) is 16.0 Å². The molecule has 1 aromatic heterocycles. The zero-order valence-electron chi connectivity index (χ0n) is 21.7. The lowest BCUT2D eigenvalue weighted by molar-refractivity contribution is -0.192. The maximum absolute atomic E-state index is 12.4. The van der Waals surface area contributed by atoms with Crippen molar-refractivity contribution in [3.8, 4) is 17.2 Å². The largest absolute Gasteiger partial charge is 0.490 e. The molecule has 4 rings (SSSR count). The van der Waals surface area contributed by atoms with Crippen LogP contribution >= 0.6 is 0 Å². The summed E-state index contributed by atoms with van der Waals surface area (Å²) >= 11 is 0. The average Bonchev–Trinajstić information content (AvgIpc) is 2.94. The molecular weight excluding hydrogens is 513 g/mol. The number of hydrogen-bond donors (Lipinski definition) is 3. The number of carboxylic acid groups (broad SMARTS) is 1. The molecule has 210 valence electrons. The maximum atomic E-state index is 12.4. The van der Waals surface area contributed by atoms with Crippen molar-refractivity contribution < 1.29 is 27.9 Å². The predicted molar refractivity (Wildman–Crippen MR) is 140 cm³/mol. The molecule has 2 saturated heterocycles. The Kier molecular flexibility index (Phi) is 10.7. The summed E-state index contributed by atoms with van der Waals surface area (Å²) in [5, 5.41) is 22.8. The number of aromatic nitrogens is 1. The Bertz CT molecular complexity index is 1120. The van der Waals surface area contributed by atoms with Gasteiger partial charge in [-0.1, -0.05) is 30.7 Å². The molecule has 0 radical (unpaired) electrons. The van der Waals surface area contributed by atoms with Crippen molar-refractivity contribution in [3.63, 3.8) is 0 Å².